The number of nitrogens with zero attached hydrogens (tertiary/aromatic N) is 1. The van der Waals surface area contributed by atoms with Crippen LogP contribution >= 0.6 is 0 Å². The van der Waals surface area contributed by atoms with Crippen molar-refractivity contribution in [3.05, 3.63) is 65.5 Å². The van der Waals surface area contributed by atoms with Gasteiger partial charge in [0.25, 0.3) is 5.91 Å². The average molecular weight is 323 g/mol. The van der Waals surface area contributed by atoms with Gasteiger partial charge in [0.15, 0.2) is 0 Å². The van der Waals surface area contributed by atoms with E-state index in [1.807, 2.05) is 26.0 Å². The summed E-state index contributed by atoms with van der Waals surface area (Å²) >= 11 is 0. The van der Waals surface area contributed by atoms with E-state index in [4.69, 9.17) is 0 Å². The van der Waals surface area contributed by atoms with E-state index in [1.54, 1.807) is 36.5 Å². The highest BCUT2D eigenvalue weighted by atomic mass is 16.2. The molecule has 0 saturated heterocycles. The molecule has 2 N–H and O–H groups in total. The summed E-state index contributed by atoms with van der Waals surface area (Å²) in [5.74, 6) is -0.506. The predicted molar refractivity (Wildman–Crippen MR) is 95.7 cm³/mol. The first-order chi connectivity index (χ1) is 11.6. The molecule has 0 radical (unpaired) electrons. The molecule has 1 aromatic heterocycles. The number of carbonyl (C=O) groups is 2. The third-order valence-corrected chi connectivity index (χ3v) is 3.41. The number of rotatable bonds is 6. The fourth-order valence-electron chi connectivity index (χ4n) is 2.13. The van der Waals surface area contributed by atoms with E-state index in [9.17, 15) is 9.59 Å². The van der Waals surface area contributed by atoms with Crippen molar-refractivity contribution in [2.24, 2.45) is 0 Å². The van der Waals surface area contributed by atoms with Gasteiger partial charge < -0.3 is 10.6 Å². The van der Waals surface area contributed by atoms with Crippen molar-refractivity contribution in [2.75, 3.05) is 11.9 Å². The molecule has 0 fully saturated rings. The standard InChI is InChI=1S/C19H21N3O2/c1-3-12-21-19(24)15-8-4-5-9-17(15)22-18(23)11-10-16-14(2)7-6-13-20-16/h4-11,13H,3,12H2,1-2H3,(H,21,24)(H,22,23)/b11-10+. The Morgan fingerprint density at radius 3 is 2.71 bits per heavy atom. The van der Waals surface area contributed by atoms with Crippen LogP contribution in [0.15, 0.2) is 48.7 Å². The van der Waals surface area contributed by atoms with Crippen molar-refractivity contribution < 1.29 is 9.59 Å². The lowest BCUT2D eigenvalue weighted by Crippen LogP contribution is -2.25. The van der Waals surface area contributed by atoms with Gasteiger partial charge >= 0.3 is 0 Å². The predicted octanol–water partition coefficient (Wildman–Crippen LogP) is 3.18. The Morgan fingerprint density at radius 1 is 1.17 bits per heavy atom. The molecule has 2 rings (SSSR count). The summed E-state index contributed by atoms with van der Waals surface area (Å²) in [6.45, 7) is 4.51. The quantitative estimate of drug-likeness (QED) is 0.802. The molecule has 0 unspecified atom stereocenters. The van der Waals surface area contributed by atoms with Crippen LogP contribution in [0.25, 0.3) is 6.08 Å². The Morgan fingerprint density at radius 2 is 1.96 bits per heavy atom. The van der Waals surface area contributed by atoms with Crippen molar-refractivity contribution in [1.82, 2.24) is 10.3 Å². The van der Waals surface area contributed by atoms with Crippen LogP contribution in [0.4, 0.5) is 5.69 Å². The van der Waals surface area contributed by atoms with E-state index >= 15 is 0 Å². The number of hydrogen-bond acceptors (Lipinski definition) is 3. The van der Waals surface area contributed by atoms with Gasteiger partial charge in [-0.1, -0.05) is 25.1 Å². The highest BCUT2D eigenvalue weighted by Crippen LogP contribution is 2.15. The molecule has 24 heavy (non-hydrogen) atoms. The lowest BCUT2D eigenvalue weighted by Gasteiger charge is -2.10. The normalized spacial score (nSPS) is 10.6. The van der Waals surface area contributed by atoms with Gasteiger partial charge in [-0.25, -0.2) is 0 Å². The van der Waals surface area contributed by atoms with E-state index < -0.39 is 0 Å². The molecular formula is C19H21N3O2. The first-order valence-corrected chi connectivity index (χ1v) is 7.89. The van der Waals surface area contributed by atoms with Crippen LogP contribution in [0.5, 0.6) is 0 Å². The molecule has 0 spiro atoms. The zero-order valence-electron chi connectivity index (χ0n) is 13.9. The van der Waals surface area contributed by atoms with Gasteiger partial charge in [-0.3, -0.25) is 14.6 Å². The van der Waals surface area contributed by atoms with Crippen LogP contribution in [-0.4, -0.2) is 23.3 Å². The van der Waals surface area contributed by atoms with E-state index in [0.717, 1.165) is 17.7 Å². The van der Waals surface area contributed by atoms with Crippen LogP contribution in [0.1, 0.15) is 35.0 Å². The first kappa shape index (κ1) is 17.4. The van der Waals surface area contributed by atoms with Crippen molar-refractivity contribution >= 4 is 23.6 Å². The highest BCUT2D eigenvalue weighted by Gasteiger charge is 2.11. The highest BCUT2D eigenvalue weighted by molar-refractivity contribution is 6.07. The maximum absolute atomic E-state index is 12.1. The van der Waals surface area contributed by atoms with Crippen LogP contribution < -0.4 is 10.6 Å². The molecule has 5 nitrogen and oxygen atoms in total. The second-order valence-corrected chi connectivity index (χ2v) is 5.33. The fourth-order valence-corrected chi connectivity index (χ4v) is 2.13. The number of nitrogens with one attached hydrogen (secondary N) is 2. The largest absolute Gasteiger partial charge is 0.352 e. The summed E-state index contributed by atoms with van der Waals surface area (Å²) in [6.07, 6.45) is 5.60. The molecule has 0 aliphatic rings. The molecule has 0 bridgehead atoms. The first-order valence-electron chi connectivity index (χ1n) is 7.89. The van der Waals surface area contributed by atoms with Crippen molar-refractivity contribution in [2.45, 2.75) is 20.3 Å². The zero-order valence-corrected chi connectivity index (χ0v) is 13.9. The number of aryl methyl sites for hydroxylation is 1. The molecule has 124 valence electrons. The Kier molecular flexibility index (Phi) is 6.25. The van der Waals surface area contributed by atoms with Gasteiger partial charge in [-0.15, -0.1) is 0 Å². The van der Waals surface area contributed by atoms with E-state index in [0.29, 0.717) is 17.8 Å². The average Bonchev–Trinajstić information content (AvgIpc) is 2.59. The Balaban J connectivity index is 2.09. The summed E-state index contributed by atoms with van der Waals surface area (Å²) < 4.78 is 0. The summed E-state index contributed by atoms with van der Waals surface area (Å²) in [6, 6.07) is 10.7. The second-order valence-electron chi connectivity index (χ2n) is 5.33. The number of para-hydroxylation sites is 1. The summed E-state index contributed by atoms with van der Waals surface area (Å²) in [5.41, 5.74) is 2.66. The molecule has 5 heteroatoms. The van der Waals surface area contributed by atoms with Crippen LogP contribution in [0.3, 0.4) is 0 Å². The molecule has 2 aromatic rings. The van der Waals surface area contributed by atoms with Crippen molar-refractivity contribution in [3.8, 4) is 0 Å². The molecule has 0 aliphatic heterocycles. The number of hydrogen-bond donors (Lipinski definition) is 2. The Bertz CT molecular complexity index is 754. The van der Waals surface area contributed by atoms with Crippen LogP contribution in [0.2, 0.25) is 0 Å². The minimum Gasteiger partial charge on any atom is -0.352 e. The fraction of sp³-hybridized carbons (Fsp3) is 0.211. The molecule has 0 aliphatic carbocycles. The SMILES string of the molecule is CCCNC(=O)c1ccccc1NC(=O)/C=C/c1ncccc1C. The molecule has 0 saturated carbocycles. The van der Waals surface area contributed by atoms with Gasteiger partial charge in [0.05, 0.1) is 16.9 Å². The number of pyridine rings is 1. The third-order valence-electron chi connectivity index (χ3n) is 3.41. The van der Waals surface area contributed by atoms with Gasteiger partial charge in [0.1, 0.15) is 0 Å². The van der Waals surface area contributed by atoms with Crippen molar-refractivity contribution in [3.63, 3.8) is 0 Å². The maximum Gasteiger partial charge on any atom is 0.253 e. The number of anilines is 1. The smallest absolute Gasteiger partial charge is 0.253 e. The van der Waals surface area contributed by atoms with E-state index in [1.165, 1.54) is 6.08 Å². The second kappa shape index (κ2) is 8.62. The lowest BCUT2D eigenvalue weighted by molar-refractivity contribution is -0.111. The zero-order chi connectivity index (χ0) is 17.4. The number of benzene rings is 1. The minimum atomic E-state index is -0.309. The monoisotopic (exact) mass is 323 g/mol. The van der Waals surface area contributed by atoms with E-state index in [2.05, 4.69) is 15.6 Å². The molecule has 1 heterocycles. The van der Waals surface area contributed by atoms with Gasteiger partial charge in [-0.2, -0.15) is 0 Å². The van der Waals surface area contributed by atoms with Gasteiger partial charge in [0.2, 0.25) is 5.91 Å². The van der Waals surface area contributed by atoms with Crippen LogP contribution in [0, 0.1) is 6.92 Å². The summed E-state index contributed by atoms with van der Waals surface area (Å²) in [4.78, 5) is 28.5. The molecule has 0 atom stereocenters. The third kappa shape index (κ3) is 4.78. The summed E-state index contributed by atoms with van der Waals surface area (Å²) in [5, 5.41) is 5.55. The Labute approximate surface area is 141 Å². The number of amides is 2. The minimum absolute atomic E-state index is 0.197. The molecular weight excluding hydrogens is 302 g/mol. The molecule has 2 amide bonds. The van der Waals surface area contributed by atoms with Crippen LogP contribution in [-0.2, 0) is 4.79 Å². The van der Waals surface area contributed by atoms with Crippen molar-refractivity contribution in [1.29, 1.82) is 0 Å². The lowest BCUT2D eigenvalue weighted by atomic mass is 10.1. The van der Waals surface area contributed by atoms with E-state index in [-0.39, 0.29) is 11.8 Å². The number of carbonyl (C=O) groups excluding carboxylic acids is 2. The maximum atomic E-state index is 12.1. The molecule has 1 aromatic carbocycles. The summed E-state index contributed by atoms with van der Waals surface area (Å²) in [7, 11) is 0. The Hall–Kier alpha value is -2.95. The van der Waals surface area contributed by atoms with Gasteiger partial charge in [0, 0.05) is 18.8 Å². The van der Waals surface area contributed by atoms with Gasteiger partial charge in [-0.05, 0) is 43.2 Å². The topological polar surface area (TPSA) is 71.1 Å². The number of aromatic nitrogens is 1.